The lowest BCUT2D eigenvalue weighted by molar-refractivity contribution is 0.711. The molecule has 1 heterocycles. The van der Waals surface area contributed by atoms with E-state index in [4.69, 9.17) is 0 Å². The van der Waals surface area contributed by atoms with Crippen LogP contribution in [0.1, 0.15) is 32.4 Å². The third kappa shape index (κ3) is 1.79. The molecule has 0 unspecified atom stereocenters. The summed E-state index contributed by atoms with van der Waals surface area (Å²) in [5.74, 6) is 0.654. The van der Waals surface area contributed by atoms with Crippen LogP contribution in [0.15, 0.2) is 30.0 Å². The van der Waals surface area contributed by atoms with E-state index in [0.29, 0.717) is 5.92 Å². The van der Waals surface area contributed by atoms with E-state index in [0.717, 1.165) is 12.1 Å². The highest BCUT2D eigenvalue weighted by molar-refractivity contribution is 5.73. The fourth-order valence-corrected chi connectivity index (χ4v) is 1.78. The van der Waals surface area contributed by atoms with Crippen LogP contribution in [0.3, 0.4) is 0 Å². The van der Waals surface area contributed by atoms with Gasteiger partial charge in [0.2, 0.25) is 0 Å². The first-order chi connectivity index (χ1) is 6.77. The average Bonchev–Trinajstić information content (AvgIpc) is 2.71. The van der Waals surface area contributed by atoms with Crippen molar-refractivity contribution in [3.63, 3.8) is 0 Å². The molecule has 0 atom stereocenters. The Morgan fingerprint density at radius 3 is 2.93 bits per heavy atom. The summed E-state index contributed by atoms with van der Waals surface area (Å²) in [6.45, 7) is 4.50. The number of rotatable bonds is 2. The van der Waals surface area contributed by atoms with Gasteiger partial charge in [-0.1, -0.05) is 31.6 Å². The zero-order chi connectivity index (χ0) is 9.97. The van der Waals surface area contributed by atoms with Gasteiger partial charge in [-0.2, -0.15) is 5.10 Å². The third-order valence-corrected chi connectivity index (χ3v) is 2.69. The zero-order valence-electron chi connectivity index (χ0n) is 8.75. The maximum atomic E-state index is 3.97. The quantitative estimate of drug-likeness (QED) is 0.758. The molecule has 1 aliphatic carbocycles. The van der Waals surface area contributed by atoms with E-state index in [9.17, 15) is 0 Å². The van der Waals surface area contributed by atoms with E-state index < -0.39 is 0 Å². The molecular formula is C12H16N2. The van der Waals surface area contributed by atoms with Crippen LogP contribution in [-0.2, 0) is 0 Å². The lowest BCUT2D eigenvalue weighted by Crippen LogP contribution is -1.99. The standard InChI is InChI=1S/C12H16N2/c1-9(2)10-4-3-5-11(8-10)12-6-7-13-14-12/h5-9H,3-4H2,1-2H3,(H,13,14). The average molecular weight is 188 g/mol. The first-order valence-electron chi connectivity index (χ1n) is 5.18. The predicted molar refractivity (Wildman–Crippen MR) is 58.7 cm³/mol. The first kappa shape index (κ1) is 9.25. The maximum absolute atomic E-state index is 3.97. The monoisotopic (exact) mass is 188 g/mol. The molecule has 0 bridgehead atoms. The minimum atomic E-state index is 0.654. The van der Waals surface area contributed by atoms with Crippen LogP contribution in [-0.4, -0.2) is 10.2 Å². The highest BCUT2D eigenvalue weighted by Gasteiger charge is 2.10. The van der Waals surface area contributed by atoms with Crippen molar-refractivity contribution in [2.75, 3.05) is 0 Å². The Kier molecular flexibility index (Phi) is 2.53. The molecule has 0 fully saturated rings. The van der Waals surface area contributed by atoms with Crippen LogP contribution in [0.5, 0.6) is 0 Å². The minimum Gasteiger partial charge on any atom is -0.278 e. The number of aromatic nitrogens is 2. The number of H-pyrrole nitrogens is 1. The number of hydrogen-bond acceptors (Lipinski definition) is 1. The van der Waals surface area contributed by atoms with Gasteiger partial charge in [0.15, 0.2) is 0 Å². The van der Waals surface area contributed by atoms with Crippen molar-refractivity contribution in [2.24, 2.45) is 5.92 Å². The third-order valence-electron chi connectivity index (χ3n) is 2.69. The summed E-state index contributed by atoms with van der Waals surface area (Å²) in [7, 11) is 0. The Labute approximate surface area is 84.7 Å². The highest BCUT2D eigenvalue weighted by Crippen LogP contribution is 2.27. The summed E-state index contributed by atoms with van der Waals surface area (Å²) in [6, 6.07) is 2.02. The molecule has 74 valence electrons. The van der Waals surface area contributed by atoms with Gasteiger partial charge < -0.3 is 0 Å². The van der Waals surface area contributed by atoms with Crippen LogP contribution in [0.2, 0.25) is 0 Å². The second-order valence-corrected chi connectivity index (χ2v) is 4.04. The van der Waals surface area contributed by atoms with Gasteiger partial charge in [0.25, 0.3) is 0 Å². The highest BCUT2D eigenvalue weighted by atomic mass is 15.1. The molecule has 0 spiro atoms. The molecule has 0 aromatic carbocycles. The van der Waals surface area contributed by atoms with Crippen molar-refractivity contribution in [1.82, 2.24) is 10.2 Å². The van der Waals surface area contributed by atoms with E-state index >= 15 is 0 Å². The summed E-state index contributed by atoms with van der Waals surface area (Å²) in [5, 5.41) is 6.98. The van der Waals surface area contributed by atoms with Crippen molar-refractivity contribution in [3.8, 4) is 0 Å². The topological polar surface area (TPSA) is 28.7 Å². The number of aromatic amines is 1. The largest absolute Gasteiger partial charge is 0.278 e. The van der Waals surface area contributed by atoms with Gasteiger partial charge in [-0.3, -0.25) is 5.10 Å². The normalized spacial score (nSPS) is 16.8. The van der Waals surface area contributed by atoms with Gasteiger partial charge in [-0.05, 0) is 30.4 Å². The van der Waals surface area contributed by atoms with Gasteiger partial charge in [0.1, 0.15) is 0 Å². The minimum absolute atomic E-state index is 0.654. The lowest BCUT2D eigenvalue weighted by atomic mass is 9.90. The molecule has 0 saturated carbocycles. The summed E-state index contributed by atoms with van der Waals surface area (Å²) in [4.78, 5) is 0. The zero-order valence-corrected chi connectivity index (χ0v) is 8.75. The van der Waals surface area contributed by atoms with E-state index in [2.05, 4.69) is 36.2 Å². The maximum Gasteiger partial charge on any atom is 0.0646 e. The van der Waals surface area contributed by atoms with E-state index in [1.54, 1.807) is 6.20 Å². The van der Waals surface area contributed by atoms with Crippen molar-refractivity contribution < 1.29 is 0 Å². The molecular weight excluding hydrogens is 172 g/mol. The fraction of sp³-hybridized carbons (Fsp3) is 0.417. The Hall–Kier alpha value is -1.31. The molecule has 14 heavy (non-hydrogen) atoms. The number of nitrogens with zero attached hydrogens (tertiary/aromatic N) is 1. The van der Waals surface area contributed by atoms with Crippen LogP contribution in [0.25, 0.3) is 5.57 Å². The Balaban J connectivity index is 2.26. The van der Waals surface area contributed by atoms with Gasteiger partial charge in [0.05, 0.1) is 5.69 Å². The molecule has 0 amide bonds. The molecule has 0 radical (unpaired) electrons. The summed E-state index contributed by atoms with van der Waals surface area (Å²) in [5.41, 5.74) is 3.96. The van der Waals surface area contributed by atoms with Crippen molar-refractivity contribution in [2.45, 2.75) is 26.7 Å². The molecule has 2 nitrogen and oxygen atoms in total. The van der Waals surface area contributed by atoms with Gasteiger partial charge in [-0.25, -0.2) is 0 Å². The molecule has 1 N–H and O–H groups in total. The van der Waals surface area contributed by atoms with Crippen molar-refractivity contribution >= 4 is 5.57 Å². The SMILES string of the molecule is CC(C)C1=CC(c2ccn[nH]2)=CCC1. The second kappa shape index (κ2) is 3.82. The van der Waals surface area contributed by atoms with Crippen LogP contribution in [0, 0.1) is 5.92 Å². The Morgan fingerprint density at radius 2 is 2.29 bits per heavy atom. The fourth-order valence-electron chi connectivity index (χ4n) is 1.78. The van der Waals surface area contributed by atoms with Gasteiger partial charge in [-0.15, -0.1) is 0 Å². The first-order valence-corrected chi connectivity index (χ1v) is 5.18. The lowest BCUT2D eigenvalue weighted by Gasteiger charge is -2.15. The Morgan fingerprint density at radius 1 is 1.43 bits per heavy atom. The Bertz CT molecular complexity index is 356. The smallest absolute Gasteiger partial charge is 0.0646 e. The number of allylic oxidation sites excluding steroid dienone is 4. The van der Waals surface area contributed by atoms with Gasteiger partial charge >= 0.3 is 0 Å². The number of nitrogens with one attached hydrogen (secondary N) is 1. The van der Waals surface area contributed by atoms with Crippen LogP contribution in [0.4, 0.5) is 0 Å². The molecule has 2 heteroatoms. The molecule has 1 aromatic rings. The molecule has 0 aliphatic heterocycles. The van der Waals surface area contributed by atoms with E-state index in [1.807, 2.05) is 6.07 Å². The summed E-state index contributed by atoms with van der Waals surface area (Å²) >= 11 is 0. The summed E-state index contributed by atoms with van der Waals surface area (Å²) in [6.07, 6.45) is 8.72. The summed E-state index contributed by atoms with van der Waals surface area (Å²) < 4.78 is 0. The second-order valence-electron chi connectivity index (χ2n) is 4.04. The van der Waals surface area contributed by atoms with Crippen molar-refractivity contribution in [3.05, 3.63) is 35.7 Å². The van der Waals surface area contributed by atoms with Crippen LogP contribution < -0.4 is 0 Å². The predicted octanol–water partition coefficient (Wildman–Crippen LogP) is 3.17. The number of hydrogen-bond donors (Lipinski definition) is 1. The molecule has 1 aromatic heterocycles. The molecule has 1 aliphatic rings. The molecule has 0 saturated heterocycles. The van der Waals surface area contributed by atoms with Crippen LogP contribution >= 0.6 is 0 Å². The van der Waals surface area contributed by atoms with E-state index in [1.165, 1.54) is 17.6 Å². The van der Waals surface area contributed by atoms with Gasteiger partial charge in [0, 0.05) is 6.20 Å². The molecule has 2 rings (SSSR count). The van der Waals surface area contributed by atoms with E-state index in [-0.39, 0.29) is 0 Å². The van der Waals surface area contributed by atoms with Crippen molar-refractivity contribution in [1.29, 1.82) is 0 Å².